The molecular weight excluding hydrogens is 356 g/mol. The fourth-order valence-corrected chi connectivity index (χ4v) is 3.16. The van der Waals surface area contributed by atoms with E-state index in [1.54, 1.807) is 44.6 Å². The van der Waals surface area contributed by atoms with Gasteiger partial charge in [0.15, 0.2) is 17.3 Å². The lowest BCUT2D eigenvalue weighted by Crippen LogP contribution is -2.13. The van der Waals surface area contributed by atoms with Gasteiger partial charge in [0.1, 0.15) is 5.76 Å². The van der Waals surface area contributed by atoms with Gasteiger partial charge in [0.05, 0.1) is 31.3 Å². The number of hydrogen-bond donors (Lipinski definition) is 0. The van der Waals surface area contributed by atoms with Crippen molar-refractivity contribution in [2.75, 3.05) is 14.2 Å². The Balaban J connectivity index is 1.74. The van der Waals surface area contributed by atoms with Gasteiger partial charge in [-0.25, -0.2) is 0 Å². The Morgan fingerprint density at radius 1 is 1.15 bits per heavy atom. The van der Waals surface area contributed by atoms with Crippen molar-refractivity contribution < 1.29 is 23.1 Å². The molecule has 3 aromatic rings. The summed E-state index contributed by atoms with van der Waals surface area (Å²) in [6, 6.07) is 6.83. The number of aromatic nitrogens is 2. The van der Waals surface area contributed by atoms with Crippen molar-refractivity contribution in [1.82, 2.24) is 10.2 Å². The Bertz CT molecular complexity index is 918. The number of ketones is 1. The average Bonchev–Trinajstić information content (AvgIpc) is 3.28. The number of rotatable bonds is 7. The minimum Gasteiger partial charge on any atom is -0.493 e. The summed E-state index contributed by atoms with van der Waals surface area (Å²) in [6.07, 6.45) is 1.56. The van der Waals surface area contributed by atoms with Gasteiger partial charge in [-0.3, -0.25) is 4.79 Å². The highest BCUT2D eigenvalue weighted by Gasteiger charge is 2.22. The summed E-state index contributed by atoms with van der Waals surface area (Å²) in [7, 11) is 3.08. The first kappa shape index (κ1) is 18.1. The van der Waals surface area contributed by atoms with Gasteiger partial charge in [-0.15, -0.1) is 10.2 Å². The Morgan fingerprint density at radius 2 is 1.92 bits per heavy atom. The van der Waals surface area contributed by atoms with Crippen LogP contribution in [-0.4, -0.2) is 35.5 Å². The molecule has 1 atom stereocenters. The smallest absolute Gasteiger partial charge is 0.277 e. The molecule has 3 rings (SSSR count). The second-order valence-corrected chi connectivity index (χ2v) is 6.75. The molecule has 0 saturated carbocycles. The molecule has 0 amide bonds. The van der Waals surface area contributed by atoms with Crippen LogP contribution >= 0.6 is 11.8 Å². The van der Waals surface area contributed by atoms with Crippen molar-refractivity contribution in [2.45, 2.75) is 24.3 Å². The fraction of sp³-hybridized carbons (Fsp3) is 0.278. The van der Waals surface area contributed by atoms with Crippen molar-refractivity contribution in [3.05, 3.63) is 41.9 Å². The van der Waals surface area contributed by atoms with Crippen LogP contribution in [0.5, 0.6) is 11.5 Å². The topological polar surface area (TPSA) is 87.6 Å². The third kappa shape index (κ3) is 3.60. The standard InChI is InChI=1S/C18H18N2O5S/c1-10-13(7-8-24-10)17-19-20-18(25-17)26-11(2)16(21)12-5-6-14(22-3)15(9-12)23-4/h5-9,11H,1-4H3/t11-/m0/s1. The zero-order valence-corrected chi connectivity index (χ0v) is 15.6. The van der Waals surface area contributed by atoms with Crippen molar-refractivity contribution in [3.8, 4) is 23.0 Å². The van der Waals surface area contributed by atoms with Gasteiger partial charge in [-0.1, -0.05) is 11.8 Å². The van der Waals surface area contributed by atoms with Crippen LogP contribution in [-0.2, 0) is 0 Å². The zero-order chi connectivity index (χ0) is 18.7. The van der Waals surface area contributed by atoms with Crippen LogP contribution in [0.15, 0.2) is 44.6 Å². The molecule has 0 saturated heterocycles. The van der Waals surface area contributed by atoms with Crippen LogP contribution in [0.4, 0.5) is 0 Å². The number of benzene rings is 1. The molecule has 136 valence electrons. The second-order valence-electron chi connectivity index (χ2n) is 5.46. The van der Waals surface area contributed by atoms with E-state index in [4.69, 9.17) is 18.3 Å². The van der Waals surface area contributed by atoms with E-state index in [0.29, 0.717) is 33.9 Å². The Morgan fingerprint density at radius 3 is 2.58 bits per heavy atom. The lowest BCUT2D eigenvalue weighted by atomic mass is 10.1. The number of carbonyl (C=O) groups excluding carboxylic acids is 1. The Labute approximate surface area is 154 Å². The van der Waals surface area contributed by atoms with Gasteiger partial charge in [0, 0.05) is 5.56 Å². The first-order chi connectivity index (χ1) is 12.5. The predicted octanol–water partition coefficient (Wildman–Crippen LogP) is 4.02. The number of ether oxygens (including phenoxy) is 2. The summed E-state index contributed by atoms with van der Waals surface area (Å²) in [5.74, 6) is 2.06. The number of nitrogens with zero attached hydrogens (tertiary/aromatic N) is 2. The molecule has 0 radical (unpaired) electrons. The summed E-state index contributed by atoms with van der Waals surface area (Å²) in [5.41, 5.74) is 1.26. The highest BCUT2D eigenvalue weighted by molar-refractivity contribution is 8.00. The molecular formula is C18H18N2O5S. The van der Waals surface area contributed by atoms with E-state index >= 15 is 0 Å². The number of thioether (sulfide) groups is 1. The van der Waals surface area contributed by atoms with E-state index < -0.39 is 5.25 Å². The molecule has 26 heavy (non-hydrogen) atoms. The zero-order valence-electron chi connectivity index (χ0n) is 14.8. The van der Waals surface area contributed by atoms with Crippen LogP contribution in [0.3, 0.4) is 0 Å². The monoisotopic (exact) mass is 374 g/mol. The molecule has 0 unspecified atom stereocenters. The van der Waals surface area contributed by atoms with Crippen molar-refractivity contribution in [2.24, 2.45) is 0 Å². The molecule has 0 bridgehead atoms. The fourth-order valence-electron chi connectivity index (χ4n) is 2.40. The van der Waals surface area contributed by atoms with Crippen LogP contribution < -0.4 is 9.47 Å². The van der Waals surface area contributed by atoms with E-state index in [1.807, 2.05) is 6.92 Å². The average molecular weight is 374 g/mol. The van der Waals surface area contributed by atoms with E-state index in [2.05, 4.69) is 10.2 Å². The minimum absolute atomic E-state index is 0.0739. The number of hydrogen-bond acceptors (Lipinski definition) is 8. The summed E-state index contributed by atoms with van der Waals surface area (Å²) >= 11 is 1.20. The molecule has 2 aromatic heterocycles. The van der Waals surface area contributed by atoms with Gasteiger partial charge in [0.2, 0.25) is 0 Å². The molecule has 8 heteroatoms. The number of methoxy groups -OCH3 is 2. The molecule has 1 aromatic carbocycles. The number of carbonyl (C=O) groups is 1. The van der Waals surface area contributed by atoms with Gasteiger partial charge in [0.25, 0.3) is 11.1 Å². The van der Waals surface area contributed by atoms with Crippen molar-refractivity contribution in [3.63, 3.8) is 0 Å². The van der Waals surface area contributed by atoms with Gasteiger partial charge in [-0.05, 0) is 38.1 Å². The third-order valence-electron chi connectivity index (χ3n) is 3.81. The van der Waals surface area contributed by atoms with Crippen LogP contribution in [0, 0.1) is 6.92 Å². The SMILES string of the molecule is COc1ccc(C(=O)[C@H](C)Sc2nnc(-c3ccoc3C)o2)cc1OC. The molecule has 0 aliphatic heterocycles. The molecule has 0 fully saturated rings. The summed E-state index contributed by atoms with van der Waals surface area (Å²) in [5, 5.41) is 7.92. The molecule has 2 heterocycles. The number of aryl methyl sites for hydroxylation is 1. The normalized spacial score (nSPS) is 12.0. The lowest BCUT2D eigenvalue weighted by molar-refractivity contribution is 0.0993. The summed E-state index contributed by atoms with van der Waals surface area (Å²) in [6.45, 7) is 3.60. The van der Waals surface area contributed by atoms with Crippen molar-refractivity contribution in [1.29, 1.82) is 0 Å². The van der Waals surface area contributed by atoms with Crippen LogP contribution in [0.25, 0.3) is 11.5 Å². The molecule has 0 spiro atoms. The number of furan rings is 1. The molecule has 0 aliphatic rings. The molecule has 0 N–H and O–H groups in total. The van der Waals surface area contributed by atoms with Gasteiger partial charge < -0.3 is 18.3 Å². The largest absolute Gasteiger partial charge is 0.493 e. The third-order valence-corrected chi connectivity index (χ3v) is 4.74. The highest BCUT2D eigenvalue weighted by atomic mass is 32.2. The first-order valence-electron chi connectivity index (χ1n) is 7.84. The maximum absolute atomic E-state index is 12.7. The van der Waals surface area contributed by atoms with Gasteiger partial charge in [-0.2, -0.15) is 0 Å². The van der Waals surface area contributed by atoms with E-state index in [9.17, 15) is 4.79 Å². The summed E-state index contributed by atoms with van der Waals surface area (Å²) < 4.78 is 21.3. The highest BCUT2D eigenvalue weighted by Crippen LogP contribution is 2.32. The maximum Gasteiger partial charge on any atom is 0.277 e. The summed E-state index contributed by atoms with van der Waals surface area (Å²) in [4.78, 5) is 12.7. The number of Topliss-reactive ketones (excluding diaryl/α,β-unsaturated/α-hetero) is 1. The second kappa shape index (κ2) is 7.65. The van der Waals surface area contributed by atoms with E-state index in [-0.39, 0.29) is 5.78 Å². The van der Waals surface area contributed by atoms with Crippen molar-refractivity contribution >= 4 is 17.5 Å². The Hall–Kier alpha value is -2.74. The van der Waals surface area contributed by atoms with E-state index in [0.717, 1.165) is 5.56 Å². The van der Waals surface area contributed by atoms with Crippen LogP contribution in [0.2, 0.25) is 0 Å². The lowest BCUT2D eigenvalue weighted by Gasteiger charge is -2.11. The van der Waals surface area contributed by atoms with Gasteiger partial charge >= 0.3 is 0 Å². The Kier molecular flexibility index (Phi) is 5.32. The quantitative estimate of drug-likeness (QED) is 0.453. The minimum atomic E-state index is -0.410. The predicted molar refractivity (Wildman–Crippen MR) is 95.9 cm³/mol. The van der Waals surface area contributed by atoms with Crippen LogP contribution in [0.1, 0.15) is 23.0 Å². The van der Waals surface area contributed by atoms with E-state index in [1.165, 1.54) is 18.9 Å². The maximum atomic E-state index is 12.7. The first-order valence-corrected chi connectivity index (χ1v) is 8.72. The molecule has 0 aliphatic carbocycles. The molecule has 7 nitrogen and oxygen atoms in total.